The Morgan fingerprint density at radius 3 is 2.50 bits per heavy atom. The maximum atomic E-state index is 6.16. The first-order chi connectivity index (χ1) is 8.49. The van der Waals surface area contributed by atoms with E-state index in [1.807, 2.05) is 32.9 Å². The summed E-state index contributed by atoms with van der Waals surface area (Å²) in [6.45, 7) is 6.34. The van der Waals surface area contributed by atoms with Crippen molar-refractivity contribution in [2.45, 2.75) is 27.3 Å². The van der Waals surface area contributed by atoms with Crippen LogP contribution in [0.5, 0.6) is 0 Å². The van der Waals surface area contributed by atoms with Gasteiger partial charge < -0.3 is 9.84 Å². The number of anilines is 1. The van der Waals surface area contributed by atoms with Gasteiger partial charge in [-0.2, -0.15) is 0 Å². The summed E-state index contributed by atoms with van der Waals surface area (Å²) in [6, 6.07) is 3.68. The molecule has 3 nitrogen and oxygen atoms in total. The Kier molecular flexibility index (Phi) is 3.83. The van der Waals surface area contributed by atoms with E-state index in [1.54, 1.807) is 0 Å². The Hall–Kier alpha value is -1.19. The molecular formula is C13H14Cl2N2O. The molecule has 96 valence electrons. The number of nitrogens with one attached hydrogen (secondary N) is 1. The van der Waals surface area contributed by atoms with Crippen molar-refractivity contribution in [2.24, 2.45) is 0 Å². The molecule has 0 saturated heterocycles. The number of benzene rings is 1. The highest BCUT2D eigenvalue weighted by molar-refractivity contribution is 6.35. The summed E-state index contributed by atoms with van der Waals surface area (Å²) in [7, 11) is 0. The summed E-state index contributed by atoms with van der Waals surface area (Å²) in [5, 5.41) is 8.51. The van der Waals surface area contributed by atoms with Gasteiger partial charge in [-0.3, -0.25) is 0 Å². The largest absolute Gasteiger partial charge is 0.380 e. The Morgan fingerprint density at radius 1 is 1.17 bits per heavy atom. The molecule has 0 radical (unpaired) electrons. The quantitative estimate of drug-likeness (QED) is 0.901. The van der Waals surface area contributed by atoms with E-state index in [9.17, 15) is 0 Å². The van der Waals surface area contributed by atoms with E-state index in [4.69, 9.17) is 27.7 Å². The van der Waals surface area contributed by atoms with Crippen LogP contribution in [-0.2, 0) is 6.54 Å². The summed E-state index contributed by atoms with van der Waals surface area (Å²) in [5.74, 6) is 0.814. The van der Waals surface area contributed by atoms with Crippen LogP contribution < -0.4 is 5.32 Å². The molecule has 0 spiro atoms. The maximum Gasteiger partial charge on any atom is 0.138 e. The van der Waals surface area contributed by atoms with Crippen LogP contribution in [0.2, 0.25) is 10.0 Å². The highest BCUT2D eigenvalue weighted by Crippen LogP contribution is 2.29. The predicted molar refractivity (Wildman–Crippen MR) is 74.5 cm³/mol. The van der Waals surface area contributed by atoms with Crippen LogP contribution in [0.1, 0.15) is 22.6 Å². The van der Waals surface area contributed by atoms with Gasteiger partial charge in [0.2, 0.25) is 0 Å². The molecule has 18 heavy (non-hydrogen) atoms. The van der Waals surface area contributed by atoms with Crippen LogP contribution >= 0.6 is 23.2 Å². The van der Waals surface area contributed by atoms with Crippen molar-refractivity contribution in [2.75, 3.05) is 5.32 Å². The Labute approximate surface area is 116 Å². The number of hydrogen-bond donors (Lipinski definition) is 1. The first-order valence-electron chi connectivity index (χ1n) is 5.60. The molecule has 1 aromatic carbocycles. The van der Waals surface area contributed by atoms with Gasteiger partial charge in [-0.05, 0) is 38.5 Å². The normalized spacial score (nSPS) is 10.7. The van der Waals surface area contributed by atoms with Crippen LogP contribution in [0.15, 0.2) is 16.7 Å². The first kappa shape index (κ1) is 13.2. The van der Waals surface area contributed by atoms with Crippen molar-refractivity contribution in [1.82, 2.24) is 5.16 Å². The minimum atomic E-state index is 0.611. The van der Waals surface area contributed by atoms with Crippen molar-refractivity contribution in [3.05, 3.63) is 44.8 Å². The molecule has 0 unspecified atom stereocenters. The third kappa shape index (κ3) is 2.62. The van der Waals surface area contributed by atoms with Crippen LogP contribution in [-0.4, -0.2) is 5.16 Å². The fraction of sp³-hybridized carbons (Fsp3) is 0.308. The number of aryl methyl sites for hydroxylation is 3. The fourth-order valence-electron chi connectivity index (χ4n) is 1.72. The van der Waals surface area contributed by atoms with Gasteiger partial charge in [0.25, 0.3) is 0 Å². The van der Waals surface area contributed by atoms with Gasteiger partial charge in [0, 0.05) is 17.1 Å². The fourth-order valence-corrected chi connectivity index (χ4v) is 2.17. The average molecular weight is 285 g/mol. The number of nitrogens with zero attached hydrogens (tertiary/aromatic N) is 1. The van der Waals surface area contributed by atoms with Crippen molar-refractivity contribution in [3.8, 4) is 0 Å². The molecule has 1 aromatic heterocycles. The molecule has 1 heterocycles. The molecule has 0 atom stereocenters. The topological polar surface area (TPSA) is 38.1 Å². The molecule has 0 bridgehead atoms. The van der Waals surface area contributed by atoms with E-state index in [0.717, 1.165) is 28.3 Å². The molecule has 1 N–H and O–H groups in total. The summed E-state index contributed by atoms with van der Waals surface area (Å²) in [5.41, 5.74) is 3.70. The lowest BCUT2D eigenvalue weighted by molar-refractivity contribution is 0.392. The van der Waals surface area contributed by atoms with Crippen molar-refractivity contribution < 1.29 is 4.52 Å². The number of hydrogen-bond acceptors (Lipinski definition) is 3. The second-order valence-corrected chi connectivity index (χ2v) is 5.05. The van der Waals surface area contributed by atoms with Crippen molar-refractivity contribution >= 4 is 28.9 Å². The Balaban J connectivity index is 2.18. The lowest BCUT2D eigenvalue weighted by Crippen LogP contribution is -2.02. The van der Waals surface area contributed by atoms with E-state index < -0.39 is 0 Å². The number of rotatable bonds is 3. The first-order valence-corrected chi connectivity index (χ1v) is 6.36. The minimum Gasteiger partial charge on any atom is -0.380 e. The van der Waals surface area contributed by atoms with E-state index in [0.29, 0.717) is 16.6 Å². The monoisotopic (exact) mass is 284 g/mol. The van der Waals surface area contributed by atoms with Crippen molar-refractivity contribution in [3.63, 3.8) is 0 Å². The third-order valence-corrected chi connectivity index (χ3v) is 3.61. The molecule has 2 rings (SSSR count). The van der Waals surface area contributed by atoms with Crippen LogP contribution in [0.25, 0.3) is 0 Å². The molecule has 0 aliphatic carbocycles. The molecule has 0 fully saturated rings. The van der Waals surface area contributed by atoms with Gasteiger partial charge >= 0.3 is 0 Å². The highest BCUT2D eigenvalue weighted by Gasteiger charge is 2.10. The molecular weight excluding hydrogens is 271 g/mol. The van der Waals surface area contributed by atoms with Crippen molar-refractivity contribution in [1.29, 1.82) is 0 Å². The Morgan fingerprint density at radius 2 is 1.89 bits per heavy atom. The molecule has 0 aliphatic rings. The zero-order valence-electron chi connectivity index (χ0n) is 10.5. The summed E-state index contributed by atoms with van der Waals surface area (Å²) in [6.07, 6.45) is 0. The van der Waals surface area contributed by atoms with Crippen LogP contribution in [0.4, 0.5) is 5.69 Å². The van der Waals surface area contributed by atoms with Gasteiger partial charge in [0.15, 0.2) is 0 Å². The SMILES string of the molecule is Cc1cc(Cl)c(NCc2c(C)noc2C)cc1Cl. The molecule has 2 aromatic rings. The zero-order chi connectivity index (χ0) is 13.3. The smallest absolute Gasteiger partial charge is 0.138 e. The summed E-state index contributed by atoms with van der Waals surface area (Å²) < 4.78 is 5.11. The van der Waals surface area contributed by atoms with Crippen LogP contribution in [0.3, 0.4) is 0 Å². The number of halogens is 2. The van der Waals surface area contributed by atoms with E-state index in [2.05, 4.69) is 10.5 Å². The van der Waals surface area contributed by atoms with Gasteiger partial charge in [-0.15, -0.1) is 0 Å². The molecule has 5 heteroatoms. The van der Waals surface area contributed by atoms with Gasteiger partial charge in [0.1, 0.15) is 5.76 Å². The number of aromatic nitrogens is 1. The molecule has 0 amide bonds. The minimum absolute atomic E-state index is 0.611. The molecule has 0 saturated carbocycles. The van der Waals surface area contributed by atoms with Gasteiger partial charge in [-0.1, -0.05) is 28.4 Å². The summed E-state index contributed by atoms with van der Waals surface area (Å²) >= 11 is 12.2. The maximum absolute atomic E-state index is 6.16. The van der Waals surface area contributed by atoms with Crippen LogP contribution in [0, 0.1) is 20.8 Å². The Bertz CT molecular complexity index is 559. The second-order valence-electron chi connectivity index (χ2n) is 4.24. The summed E-state index contributed by atoms with van der Waals surface area (Å²) in [4.78, 5) is 0. The lowest BCUT2D eigenvalue weighted by Gasteiger charge is -2.10. The zero-order valence-corrected chi connectivity index (χ0v) is 12.0. The average Bonchev–Trinajstić information content (AvgIpc) is 2.62. The van der Waals surface area contributed by atoms with E-state index in [1.165, 1.54) is 0 Å². The van der Waals surface area contributed by atoms with E-state index in [-0.39, 0.29) is 0 Å². The predicted octanol–water partition coefficient (Wildman–Crippen LogP) is 4.52. The molecule has 0 aliphatic heterocycles. The standard InChI is InChI=1S/C13H14Cl2N2O/c1-7-4-12(15)13(5-11(7)14)16-6-10-8(2)17-18-9(10)3/h4-5,16H,6H2,1-3H3. The highest BCUT2D eigenvalue weighted by atomic mass is 35.5. The third-order valence-electron chi connectivity index (χ3n) is 2.89. The van der Waals surface area contributed by atoms with Gasteiger partial charge in [0.05, 0.1) is 16.4 Å². The lowest BCUT2D eigenvalue weighted by atomic mass is 10.2. The second kappa shape index (κ2) is 5.21. The van der Waals surface area contributed by atoms with Gasteiger partial charge in [-0.25, -0.2) is 0 Å². The van der Waals surface area contributed by atoms with E-state index >= 15 is 0 Å².